The molecule has 4 aromatic carbocycles. The van der Waals surface area contributed by atoms with Crippen molar-refractivity contribution in [1.29, 1.82) is 0 Å². The molecule has 8 aromatic rings. The average molecular weight is 1060 g/mol. The molecule has 0 unspecified atom stereocenters. The minimum Gasteiger partial charge on any atom is -0.493 e. The molecule has 0 bridgehead atoms. The predicted molar refractivity (Wildman–Crippen MR) is 264 cm³/mol. The van der Waals surface area contributed by atoms with Gasteiger partial charge in [0.05, 0.1) is 68.4 Å². The summed E-state index contributed by atoms with van der Waals surface area (Å²) in [6.45, 7) is 4.34. The molecule has 0 fully saturated rings. The Bertz CT molecular complexity index is 3360. The predicted octanol–water partition coefficient (Wildman–Crippen LogP) is 11.4. The van der Waals surface area contributed by atoms with E-state index in [-0.39, 0.29) is 33.1 Å². The lowest BCUT2D eigenvalue weighted by Crippen LogP contribution is -2.18. The summed E-state index contributed by atoms with van der Waals surface area (Å²) in [6, 6.07) is 27.2. The molecule has 12 nitrogen and oxygen atoms in total. The van der Waals surface area contributed by atoms with Gasteiger partial charge in [-0.2, -0.15) is 36.5 Å². The van der Waals surface area contributed by atoms with Crippen LogP contribution in [-0.2, 0) is 57.6 Å². The van der Waals surface area contributed by atoms with Crippen LogP contribution >= 0.6 is 0 Å². The molecule has 20 heteroatoms. The smallest absolute Gasteiger partial charge is 0.416 e. The highest BCUT2D eigenvalue weighted by molar-refractivity contribution is 7.91. The molecule has 10 rings (SSSR count). The lowest BCUT2D eigenvalue weighted by atomic mass is 9.83. The Hall–Kier alpha value is -7.32. The summed E-state index contributed by atoms with van der Waals surface area (Å²) in [7, 11) is -4.03. The SMILES string of the molecule is Cc1ccc(CS(=O)(=O)c2ccc3c(c2)OCC[C@@H]3c2ccc(C(F)(F)F)cc2-c2ccnn2C)nc1.Cc1ccc(CS(=O)(=O)c2ccc3c(c2)OCC[C@H]3c2ccc(C(F)(F)F)cc2-c2ccnn2C)nc1. The number of benzene rings is 4. The first-order chi connectivity index (χ1) is 35.1. The molecule has 0 N–H and O–H groups in total. The number of ether oxygens (including phenoxy) is 2. The number of aryl methyl sites for hydroxylation is 4. The standard InChI is InChI=1S/2C27H24F3N3O3S/c2*1-17-3-5-19(31-15-17)16-37(34,35)20-6-8-23-22(10-12-36-26(23)14-20)21-7-4-18(27(28,29)30)13-24(21)25-9-11-32-33(25)2/h2*3-9,11,13-15,22H,10,12,16H2,1-2H3/t2*22-/m10/s1. The number of hydrogen-bond donors (Lipinski definition) is 0. The largest absolute Gasteiger partial charge is 0.493 e. The van der Waals surface area contributed by atoms with E-state index in [9.17, 15) is 43.2 Å². The average Bonchev–Trinajstić information content (AvgIpc) is 4.01. The number of sulfone groups is 2. The van der Waals surface area contributed by atoms with E-state index in [4.69, 9.17) is 9.47 Å². The number of nitrogens with zero attached hydrogens (tertiary/aromatic N) is 6. The molecule has 384 valence electrons. The molecule has 2 atom stereocenters. The fraction of sp³-hybridized carbons (Fsp3) is 0.259. The number of alkyl halides is 6. The van der Waals surface area contributed by atoms with Gasteiger partial charge in [-0.15, -0.1) is 0 Å². The maximum absolute atomic E-state index is 13.6. The Morgan fingerprint density at radius 2 is 0.919 bits per heavy atom. The van der Waals surface area contributed by atoms with Crippen LogP contribution in [0.3, 0.4) is 0 Å². The van der Waals surface area contributed by atoms with Crippen LogP contribution in [0.1, 0.15) is 80.6 Å². The third kappa shape index (κ3) is 11.0. The van der Waals surface area contributed by atoms with Crippen LogP contribution in [0.4, 0.5) is 26.3 Å². The van der Waals surface area contributed by atoms with Crippen molar-refractivity contribution in [2.24, 2.45) is 14.1 Å². The Balaban J connectivity index is 0.000000182. The van der Waals surface area contributed by atoms with Gasteiger partial charge >= 0.3 is 12.4 Å². The molecule has 6 heterocycles. The van der Waals surface area contributed by atoms with Gasteiger partial charge in [-0.05, 0) is 122 Å². The van der Waals surface area contributed by atoms with Crippen LogP contribution in [0.25, 0.3) is 22.5 Å². The van der Waals surface area contributed by atoms with Gasteiger partial charge in [-0.25, -0.2) is 16.8 Å². The van der Waals surface area contributed by atoms with E-state index >= 15 is 0 Å². The summed E-state index contributed by atoms with van der Waals surface area (Å²) in [6.07, 6.45) is -1.60. The molecule has 2 aliphatic rings. The van der Waals surface area contributed by atoms with Gasteiger partial charge < -0.3 is 9.47 Å². The first kappa shape index (κ1) is 51.6. The Morgan fingerprint density at radius 3 is 1.26 bits per heavy atom. The second kappa shape index (κ2) is 20.2. The number of pyridine rings is 2. The van der Waals surface area contributed by atoms with Crippen molar-refractivity contribution < 1.29 is 52.7 Å². The maximum Gasteiger partial charge on any atom is 0.416 e. The van der Waals surface area contributed by atoms with Crippen LogP contribution in [0, 0.1) is 13.8 Å². The third-order valence-electron chi connectivity index (χ3n) is 13.1. The summed E-state index contributed by atoms with van der Waals surface area (Å²) in [4.78, 5) is 8.60. The molecule has 0 amide bonds. The molecule has 0 radical (unpaired) electrons. The minimum atomic E-state index is -4.49. The van der Waals surface area contributed by atoms with Gasteiger partial charge in [-0.1, -0.05) is 36.4 Å². The maximum atomic E-state index is 13.6. The second-order valence-corrected chi connectivity index (χ2v) is 22.2. The highest BCUT2D eigenvalue weighted by Crippen LogP contribution is 2.46. The molecular weight excluding hydrogens is 1010 g/mol. The normalized spacial score (nSPS) is 15.8. The van der Waals surface area contributed by atoms with E-state index in [2.05, 4.69) is 20.2 Å². The number of halogens is 6. The monoisotopic (exact) mass is 1050 g/mol. The topological polar surface area (TPSA) is 148 Å². The van der Waals surface area contributed by atoms with Gasteiger partial charge in [0.2, 0.25) is 0 Å². The quantitative estimate of drug-likeness (QED) is 0.121. The van der Waals surface area contributed by atoms with Gasteiger partial charge in [0.15, 0.2) is 19.7 Å². The van der Waals surface area contributed by atoms with Crippen molar-refractivity contribution in [3.8, 4) is 34.0 Å². The summed E-state index contributed by atoms with van der Waals surface area (Å²) in [5.74, 6) is -0.258. The summed E-state index contributed by atoms with van der Waals surface area (Å²) >= 11 is 0. The lowest BCUT2D eigenvalue weighted by molar-refractivity contribution is -0.138. The highest BCUT2D eigenvalue weighted by atomic mass is 32.2. The van der Waals surface area contributed by atoms with Crippen molar-refractivity contribution in [2.45, 2.75) is 72.2 Å². The first-order valence-corrected chi connectivity index (χ1v) is 26.6. The molecule has 0 saturated heterocycles. The number of aromatic nitrogens is 6. The molecule has 4 aromatic heterocycles. The molecular formula is C54H48F6N6O6S2. The third-order valence-corrected chi connectivity index (χ3v) is 16.4. The molecule has 74 heavy (non-hydrogen) atoms. The second-order valence-electron chi connectivity index (χ2n) is 18.2. The van der Waals surface area contributed by atoms with E-state index in [1.54, 1.807) is 62.9 Å². The Labute approximate surface area is 423 Å². The van der Waals surface area contributed by atoms with E-state index in [1.807, 2.05) is 26.0 Å². The van der Waals surface area contributed by atoms with Crippen molar-refractivity contribution >= 4 is 19.7 Å². The van der Waals surface area contributed by atoms with E-state index < -0.39 is 43.2 Å². The molecule has 0 spiro atoms. The van der Waals surface area contributed by atoms with Crippen molar-refractivity contribution in [3.05, 3.63) is 190 Å². The molecule has 0 aliphatic carbocycles. The minimum absolute atomic E-state index is 0.105. The summed E-state index contributed by atoms with van der Waals surface area (Å²) in [5, 5.41) is 8.26. The number of rotatable bonds is 10. The van der Waals surface area contributed by atoms with E-state index in [1.165, 1.54) is 58.2 Å². The number of hydrogen-bond acceptors (Lipinski definition) is 10. The Morgan fingerprint density at radius 1 is 0.527 bits per heavy atom. The highest BCUT2D eigenvalue weighted by Gasteiger charge is 2.36. The van der Waals surface area contributed by atoms with Crippen molar-refractivity contribution in [2.75, 3.05) is 13.2 Å². The van der Waals surface area contributed by atoms with Crippen molar-refractivity contribution in [3.63, 3.8) is 0 Å². The van der Waals surface area contributed by atoms with Crippen LogP contribution in [0.2, 0.25) is 0 Å². The fourth-order valence-corrected chi connectivity index (χ4v) is 11.9. The van der Waals surface area contributed by atoms with Crippen LogP contribution in [0.15, 0.2) is 144 Å². The van der Waals surface area contributed by atoms with Gasteiger partial charge in [-0.3, -0.25) is 19.3 Å². The zero-order chi connectivity index (χ0) is 52.7. The van der Waals surface area contributed by atoms with Gasteiger partial charge in [0, 0.05) is 73.0 Å². The van der Waals surface area contributed by atoms with Gasteiger partial charge in [0.25, 0.3) is 0 Å². The van der Waals surface area contributed by atoms with E-state index in [0.29, 0.717) is 82.6 Å². The summed E-state index contributed by atoms with van der Waals surface area (Å²) < 4.78 is 148. The zero-order valence-electron chi connectivity index (χ0n) is 40.3. The van der Waals surface area contributed by atoms with E-state index in [0.717, 1.165) is 46.5 Å². The van der Waals surface area contributed by atoms with Crippen LogP contribution < -0.4 is 9.47 Å². The number of fused-ring (bicyclic) bond motifs is 2. The Kier molecular flexibility index (Phi) is 14.1. The van der Waals surface area contributed by atoms with Crippen molar-refractivity contribution in [1.82, 2.24) is 29.5 Å². The first-order valence-electron chi connectivity index (χ1n) is 23.3. The zero-order valence-corrected chi connectivity index (χ0v) is 41.9. The van der Waals surface area contributed by atoms with Gasteiger partial charge in [0.1, 0.15) is 11.5 Å². The lowest BCUT2D eigenvalue weighted by Gasteiger charge is -2.28. The van der Waals surface area contributed by atoms with Crippen LogP contribution in [-0.4, -0.2) is 59.6 Å². The fourth-order valence-electron chi connectivity index (χ4n) is 9.29. The molecule has 0 saturated carbocycles. The summed E-state index contributed by atoms with van der Waals surface area (Å²) in [5.41, 5.74) is 6.05. The molecule has 2 aliphatic heterocycles. The van der Waals surface area contributed by atoms with Crippen LogP contribution in [0.5, 0.6) is 11.5 Å².